The predicted octanol–water partition coefficient (Wildman–Crippen LogP) is 3.44. The first-order valence-corrected chi connectivity index (χ1v) is 8.36. The van der Waals surface area contributed by atoms with Crippen LogP contribution in [0.1, 0.15) is 24.0 Å². The number of amides is 1. The van der Waals surface area contributed by atoms with Crippen molar-refractivity contribution >= 4 is 12.1 Å². The Morgan fingerprint density at radius 3 is 2.08 bits per heavy atom. The number of piperidine rings is 1. The molecule has 0 bridgehead atoms. The number of ether oxygens (including phenoxy) is 1. The molecule has 0 unspecified atom stereocenters. The van der Waals surface area contributed by atoms with Gasteiger partial charge < -0.3 is 14.7 Å². The number of likely N-dealkylation sites (tertiary alicyclic amines) is 1. The fourth-order valence-corrected chi connectivity index (χ4v) is 3.31. The van der Waals surface area contributed by atoms with Gasteiger partial charge in [-0.1, -0.05) is 60.7 Å². The summed E-state index contributed by atoms with van der Waals surface area (Å²) in [6, 6.07) is 19.1. The van der Waals surface area contributed by atoms with Crippen LogP contribution in [0.4, 0.5) is 4.79 Å². The Labute approximate surface area is 146 Å². The largest absolute Gasteiger partial charge is 0.465 e. The van der Waals surface area contributed by atoms with Crippen LogP contribution in [0.25, 0.3) is 0 Å². The second-order valence-corrected chi connectivity index (χ2v) is 6.28. The first-order valence-electron chi connectivity index (χ1n) is 8.36. The molecule has 1 amide bonds. The van der Waals surface area contributed by atoms with Crippen LogP contribution in [-0.4, -0.2) is 35.2 Å². The number of esters is 1. The summed E-state index contributed by atoms with van der Waals surface area (Å²) >= 11 is 0. The maximum atomic E-state index is 13.0. The van der Waals surface area contributed by atoms with Gasteiger partial charge in [0.2, 0.25) is 0 Å². The highest BCUT2D eigenvalue weighted by Crippen LogP contribution is 2.37. The van der Waals surface area contributed by atoms with Gasteiger partial charge in [-0.15, -0.1) is 0 Å². The van der Waals surface area contributed by atoms with Gasteiger partial charge in [0.25, 0.3) is 0 Å². The molecule has 5 heteroatoms. The van der Waals surface area contributed by atoms with Crippen molar-refractivity contribution in [3.05, 3.63) is 71.8 Å². The zero-order valence-electron chi connectivity index (χ0n) is 13.9. The third-order valence-electron chi connectivity index (χ3n) is 4.82. The fraction of sp³-hybridized carbons (Fsp3) is 0.300. The van der Waals surface area contributed by atoms with E-state index in [1.165, 1.54) is 4.90 Å². The summed E-state index contributed by atoms with van der Waals surface area (Å²) in [6.45, 7) is 0.867. The number of rotatable bonds is 4. The molecule has 0 saturated carbocycles. The van der Waals surface area contributed by atoms with Gasteiger partial charge in [0, 0.05) is 13.1 Å². The minimum Gasteiger partial charge on any atom is -0.465 e. The van der Waals surface area contributed by atoms with Crippen molar-refractivity contribution in [3.8, 4) is 0 Å². The van der Waals surface area contributed by atoms with Crippen molar-refractivity contribution in [3.63, 3.8) is 0 Å². The summed E-state index contributed by atoms with van der Waals surface area (Å²) in [5.41, 5.74) is 1.03. The fourth-order valence-electron chi connectivity index (χ4n) is 3.31. The Bertz CT molecular complexity index is 722. The molecule has 1 N–H and O–H groups in total. The van der Waals surface area contributed by atoms with Gasteiger partial charge in [-0.25, -0.2) is 4.79 Å². The van der Waals surface area contributed by atoms with E-state index < -0.39 is 11.5 Å². The van der Waals surface area contributed by atoms with Crippen LogP contribution >= 0.6 is 0 Å². The SMILES string of the molecule is O=C(O)N1CCC(C(=O)OCc2ccccc2)(c2ccccc2)CC1. The smallest absolute Gasteiger partial charge is 0.407 e. The molecule has 1 heterocycles. The molecule has 1 saturated heterocycles. The maximum Gasteiger partial charge on any atom is 0.407 e. The van der Waals surface area contributed by atoms with Gasteiger partial charge in [-0.3, -0.25) is 4.79 Å². The molecule has 1 fully saturated rings. The summed E-state index contributed by atoms with van der Waals surface area (Å²) < 4.78 is 5.62. The van der Waals surface area contributed by atoms with Gasteiger partial charge in [0.1, 0.15) is 6.61 Å². The van der Waals surface area contributed by atoms with Crippen molar-refractivity contribution in [2.75, 3.05) is 13.1 Å². The third kappa shape index (κ3) is 3.65. The minimum absolute atomic E-state index is 0.219. The lowest BCUT2D eigenvalue weighted by Crippen LogP contribution is -2.49. The standard InChI is InChI=1S/C20H21NO4/c22-18(25-15-16-7-3-1-4-8-16)20(17-9-5-2-6-10-17)11-13-21(14-12-20)19(23)24/h1-10H,11-15H2,(H,23,24). The predicted molar refractivity (Wildman–Crippen MR) is 93.2 cm³/mol. The summed E-state index contributed by atoms with van der Waals surface area (Å²) in [4.78, 5) is 25.5. The highest BCUT2D eigenvalue weighted by molar-refractivity contribution is 5.84. The normalized spacial score (nSPS) is 16.2. The number of carbonyl (C=O) groups excluding carboxylic acids is 1. The van der Waals surface area contributed by atoms with E-state index >= 15 is 0 Å². The average molecular weight is 339 g/mol. The molecule has 1 aliphatic heterocycles. The molecule has 0 aliphatic carbocycles. The van der Waals surface area contributed by atoms with Crippen LogP contribution in [0, 0.1) is 0 Å². The lowest BCUT2D eigenvalue weighted by atomic mass is 9.73. The number of carbonyl (C=O) groups is 2. The molecule has 3 rings (SSSR count). The molecule has 0 spiro atoms. The van der Waals surface area contributed by atoms with Gasteiger partial charge in [-0.05, 0) is 24.0 Å². The summed E-state index contributed by atoms with van der Waals surface area (Å²) in [6.07, 6.45) is -0.0900. The van der Waals surface area contributed by atoms with Crippen LogP contribution in [0.5, 0.6) is 0 Å². The minimum atomic E-state index is -0.945. The molecule has 0 aromatic heterocycles. The molecular formula is C20H21NO4. The quantitative estimate of drug-likeness (QED) is 0.867. The Kier molecular flexibility index (Phi) is 5.03. The molecule has 1 aliphatic rings. The van der Waals surface area contributed by atoms with Gasteiger partial charge >= 0.3 is 12.1 Å². The van der Waals surface area contributed by atoms with Crippen molar-refractivity contribution in [2.24, 2.45) is 0 Å². The van der Waals surface area contributed by atoms with Gasteiger partial charge in [-0.2, -0.15) is 0 Å². The van der Waals surface area contributed by atoms with Crippen LogP contribution in [0.15, 0.2) is 60.7 Å². The number of nitrogens with zero attached hydrogens (tertiary/aromatic N) is 1. The van der Waals surface area contributed by atoms with Crippen LogP contribution < -0.4 is 0 Å². The van der Waals surface area contributed by atoms with Crippen molar-refractivity contribution < 1.29 is 19.4 Å². The van der Waals surface area contributed by atoms with Crippen LogP contribution in [0.3, 0.4) is 0 Å². The van der Waals surface area contributed by atoms with Gasteiger partial charge in [0.15, 0.2) is 0 Å². The number of carboxylic acid groups (broad SMARTS) is 1. The molecule has 0 radical (unpaired) electrons. The van der Waals surface area contributed by atoms with Crippen molar-refractivity contribution in [1.29, 1.82) is 0 Å². The van der Waals surface area contributed by atoms with E-state index in [1.54, 1.807) is 0 Å². The second-order valence-electron chi connectivity index (χ2n) is 6.28. The van der Waals surface area contributed by atoms with E-state index in [2.05, 4.69) is 0 Å². The van der Waals surface area contributed by atoms with E-state index in [9.17, 15) is 14.7 Å². The zero-order valence-corrected chi connectivity index (χ0v) is 13.9. The zero-order chi connectivity index (χ0) is 17.7. The van der Waals surface area contributed by atoms with Crippen molar-refractivity contribution in [2.45, 2.75) is 24.9 Å². The topological polar surface area (TPSA) is 66.8 Å². The van der Waals surface area contributed by atoms with E-state index in [0.29, 0.717) is 25.9 Å². The van der Waals surface area contributed by atoms with E-state index in [4.69, 9.17) is 4.74 Å². The Morgan fingerprint density at radius 2 is 1.52 bits per heavy atom. The van der Waals surface area contributed by atoms with E-state index in [1.807, 2.05) is 60.7 Å². The lowest BCUT2D eigenvalue weighted by Gasteiger charge is -2.39. The first-order chi connectivity index (χ1) is 12.1. The molecule has 5 nitrogen and oxygen atoms in total. The lowest BCUT2D eigenvalue weighted by molar-refractivity contribution is -0.154. The number of hydrogen-bond donors (Lipinski definition) is 1. The maximum absolute atomic E-state index is 13.0. The average Bonchev–Trinajstić information content (AvgIpc) is 2.67. The first kappa shape index (κ1) is 17.0. The molecule has 0 atom stereocenters. The van der Waals surface area contributed by atoms with E-state index in [-0.39, 0.29) is 12.6 Å². The summed E-state index contributed by atoms with van der Waals surface area (Å²) in [5.74, 6) is -0.285. The van der Waals surface area contributed by atoms with E-state index in [0.717, 1.165) is 11.1 Å². The Balaban J connectivity index is 1.80. The molecule has 25 heavy (non-hydrogen) atoms. The molecule has 2 aromatic carbocycles. The van der Waals surface area contributed by atoms with Crippen LogP contribution in [0.2, 0.25) is 0 Å². The highest BCUT2D eigenvalue weighted by atomic mass is 16.5. The molecule has 2 aromatic rings. The molecular weight excluding hydrogens is 318 g/mol. The summed E-state index contributed by atoms with van der Waals surface area (Å²) in [7, 11) is 0. The van der Waals surface area contributed by atoms with Crippen molar-refractivity contribution in [1.82, 2.24) is 4.90 Å². The molecule has 130 valence electrons. The number of hydrogen-bond acceptors (Lipinski definition) is 3. The number of benzene rings is 2. The Morgan fingerprint density at radius 1 is 0.960 bits per heavy atom. The van der Waals surface area contributed by atoms with Gasteiger partial charge in [0.05, 0.1) is 5.41 Å². The third-order valence-corrected chi connectivity index (χ3v) is 4.82. The monoisotopic (exact) mass is 339 g/mol. The Hall–Kier alpha value is -2.82. The summed E-state index contributed by atoms with van der Waals surface area (Å²) in [5, 5.41) is 9.18. The van der Waals surface area contributed by atoms with Crippen LogP contribution in [-0.2, 0) is 21.6 Å². The highest BCUT2D eigenvalue weighted by Gasteiger charge is 2.45. The second kappa shape index (κ2) is 7.38.